The molecule has 2 heterocycles. The molecule has 1 saturated carbocycles. The van der Waals surface area contributed by atoms with E-state index in [1.54, 1.807) is 11.3 Å². The van der Waals surface area contributed by atoms with Gasteiger partial charge in [-0.15, -0.1) is 11.3 Å². The molecule has 0 bridgehead atoms. The molecule has 1 aliphatic heterocycles. The first-order chi connectivity index (χ1) is 8.64. The molecule has 96 valence electrons. The zero-order valence-electron chi connectivity index (χ0n) is 11.1. The second-order valence-electron chi connectivity index (χ2n) is 5.76. The minimum absolute atomic E-state index is 0.214. The number of thiazole rings is 1. The first-order valence-electron chi connectivity index (χ1n) is 6.72. The molecule has 3 rings (SSSR count). The molecule has 4 heteroatoms. The zero-order chi connectivity index (χ0) is 12.8. The summed E-state index contributed by atoms with van der Waals surface area (Å²) in [6, 6.07) is 2.46. The Morgan fingerprint density at radius 1 is 1.50 bits per heavy atom. The lowest BCUT2D eigenvalue weighted by atomic mass is 9.94. The van der Waals surface area contributed by atoms with E-state index in [4.69, 9.17) is 4.98 Å². The van der Waals surface area contributed by atoms with Crippen molar-refractivity contribution in [1.29, 1.82) is 5.26 Å². The summed E-state index contributed by atoms with van der Waals surface area (Å²) in [6.45, 7) is 4.48. The van der Waals surface area contributed by atoms with E-state index in [9.17, 15) is 5.26 Å². The fourth-order valence-electron chi connectivity index (χ4n) is 2.88. The number of aryl methyl sites for hydroxylation is 1. The third kappa shape index (κ3) is 1.96. The molecule has 1 aromatic rings. The van der Waals surface area contributed by atoms with Gasteiger partial charge in [-0.2, -0.15) is 5.26 Å². The minimum Gasteiger partial charge on any atom is -0.306 e. The number of nitriles is 1. The molecular weight excluding hydrogens is 242 g/mol. The van der Waals surface area contributed by atoms with Crippen LogP contribution in [0.5, 0.6) is 0 Å². The molecule has 18 heavy (non-hydrogen) atoms. The zero-order valence-corrected chi connectivity index (χ0v) is 11.9. The van der Waals surface area contributed by atoms with Crippen LogP contribution in [0, 0.1) is 18.3 Å². The first-order valence-corrected chi connectivity index (χ1v) is 7.54. The van der Waals surface area contributed by atoms with Crippen molar-refractivity contribution in [3.8, 4) is 6.07 Å². The number of piperidine rings is 1. The van der Waals surface area contributed by atoms with Gasteiger partial charge in [0, 0.05) is 17.3 Å². The van der Waals surface area contributed by atoms with Crippen LogP contribution in [-0.4, -0.2) is 30.0 Å². The van der Waals surface area contributed by atoms with Crippen LogP contribution in [0.25, 0.3) is 0 Å². The van der Waals surface area contributed by atoms with Crippen molar-refractivity contribution in [2.24, 2.45) is 0 Å². The van der Waals surface area contributed by atoms with Gasteiger partial charge in [0.2, 0.25) is 0 Å². The molecule has 1 aromatic heterocycles. The van der Waals surface area contributed by atoms with Crippen molar-refractivity contribution >= 4 is 11.3 Å². The second-order valence-corrected chi connectivity index (χ2v) is 6.96. The maximum absolute atomic E-state index is 9.27. The van der Waals surface area contributed by atoms with Gasteiger partial charge in [0.25, 0.3) is 0 Å². The predicted octanol–water partition coefficient (Wildman–Crippen LogP) is 2.82. The van der Waals surface area contributed by atoms with E-state index in [1.807, 2.05) is 0 Å². The average molecular weight is 261 g/mol. The Labute approximate surface area is 112 Å². The number of aromatic nitrogens is 1. The van der Waals surface area contributed by atoms with Crippen molar-refractivity contribution in [2.45, 2.75) is 43.9 Å². The normalized spacial score (nSPS) is 26.8. The molecule has 0 radical (unpaired) electrons. The number of nitrogens with zero attached hydrogens (tertiary/aromatic N) is 3. The van der Waals surface area contributed by atoms with Gasteiger partial charge < -0.3 is 4.90 Å². The lowest BCUT2D eigenvalue weighted by molar-refractivity contribution is 0.248. The van der Waals surface area contributed by atoms with Crippen LogP contribution in [0.2, 0.25) is 0 Å². The van der Waals surface area contributed by atoms with E-state index in [0.29, 0.717) is 5.92 Å². The molecular formula is C14H19N3S. The van der Waals surface area contributed by atoms with Crippen LogP contribution < -0.4 is 0 Å². The van der Waals surface area contributed by atoms with Gasteiger partial charge in [-0.05, 0) is 46.2 Å². The van der Waals surface area contributed by atoms with Crippen molar-refractivity contribution in [1.82, 2.24) is 9.88 Å². The highest BCUT2D eigenvalue weighted by Gasteiger charge is 2.48. The summed E-state index contributed by atoms with van der Waals surface area (Å²) >= 11 is 1.75. The average Bonchev–Trinajstić information content (AvgIpc) is 3.07. The fourth-order valence-corrected chi connectivity index (χ4v) is 4.08. The van der Waals surface area contributed by atoms with Crippen LogP contribution in [0.3, 0.4) is 0 Å². The standard InChI is InChI=1S/C14H19N3S/c1-10-12(11-4-3-7-17(2)8-11)16-13(18-10)14(9-15)5-6-14/h11H,3-8H2,1-2H3. The van der Waals surface area contributed by atoms with Gasteiger partial charge >= 0.3 is 0 Å². The Morgan fingerprint density at radius 3 is 2.89 bits per heavy atom. The summed E-state index contributed by atoms with van der Waals surface area (Å²) in [6.07, 6.45) is 4.51. The van der Waals surface area contributed by atoms with Crippen LogP contribution in [-0.2, 0) is 5.41 Å². The van der Waals surface area contributed by atoms with E-state index in [0.717, 1.165) is 24.4 Å². The molecule has 1 saturated heterocycles. The first kappa shape index (κ1) is 12.1. The molecule has 0 spiro atoms. The predicted molar refractivity (Wildman–Crippen MR) is 72.8 cm³/mol. The number of likely N-dealkylation sites (tertiary alicyclic amines) is 1. The molecule has 3 nitrogen and oxygen atoms in total. The highest BCUT2D eigenvalue weighted by molar-refractivity contribution is 7.11. The van der Waals surface area contributed by atoms with Gasteiger partial charge in [0.1, 0.15) is 10.4 Å². The lowest BCUT2D eigenvalue weighted by Gasteiger charge is -2.29. The summed E-state index contributed by atoms with van der Waals surface area (Å²) in [5.74, 6) is 0.572. The number of likely N-dealkylation sites (N-methyl/N-ethyl adjacent to an activating group) is 1. The summed E-state index contributed by atoms with van der Waals surface area (Å²) in [4.78, 5) is 8.56. The van der Waals surface area contributed by atoms with Gasteiger partial charge in [0.05, 0.1) is 11.8 Å². The monoisotopic (exact) mass is 261 g/mol. The van der Waals surface area contributed by atoms with Crippen LogP contribution in [0.15, 0.2) is 0 Å². The molecule has 0 aromatic carbocycles. The van der Waals surface area contributed by atoms with Crippen molar-refractivity contribution < 1.29 is 0 Å². The highest BCUT2D eigenvalue weighted by atomic mass is 32.1. The van der Waals surface area contributed by atoms with Gasteiger partial charge in [-0.1, -0.05) is 0 Å². The summed E-state index contributed by atoms with van der Waals surface area (Å²) in [5, 5.41) is 10.3. The summed E-state index contributed by atoms with van der Waals surface area (Å²) in [7, 11) is 2.19. The highest BCUT2D eigenvalue weighted by Crippen LogP contribution is 2.50. The molecule has 1 unspecified atom stereocenters. The van der Waals surface area contributed by atoms with E-state index in [2.05, 4.69) is 24.9 Å². The largest absolute Gasteiger partial charge is 0.306 e. The lowest BCUT2D eigenvalue weighted by Crippen LogP contribution is -2.31. The SMILES string of the molecule is Cc1sc(C2(C#N)CC2)nc1C1CCCN(C)C1. The molecule has 0 amide bonds. The number of rotatable bonds is 2. The van der Waals surface area contributed by atoms with Gasteiger partial charge in [-0.25, -0.2) is 4.98 Å². The molecule has 1 aliphatic carbocycles. The van der Waals surface area contributed by atoms with Gasteiger partial charge in [0.15, 0.2) is 0 Å². The van der Waals surface area contributed by atoms with Crippen LogP contribution >= 0.6 is 11.3 Å². The van der Waals surface area contributed by atoms with Crippen molar-refractivity contribution in [3.63, 3.8) is 0 Å². The van der Waals surface area contributed by atoms with E-state index < -0.39 is 0 Å². The van der Waals surface area contributed by atoms with Crippen LogP contribution in [0.4, 0.5) is 0 Å². The fraction of sp³-hybridized carbons (Fsp3) is 0.714. The van der Waals surface area contributed by atoms with E-state index in [-0.39, 0.29) is 5.41 Å². The molecule has 0 N–H and O–H groups in total. The summed E-state index contributed by atoms with van der Waals surface area (Å²) in [5.41, 5.74) is 1.05. The van der Waals surface area contributed by atoms with Gasteiger partial charge in [-0.3, -0.25) is 0 Å². The Hall–Kier alpha value is -0.920. The minimum atomic E-state index is -0.214. The Morgan fingerprint density at radius 2 is 2.28 bits per heavy atom. The Bertz CT molecular complexity index is 496. The maximum atomic E-state index is 9.27. The summed E-state index contributed by atoms with van der Waals surface area (Å²) < 4.78 is 0. The molecule has 2 fully saturated rings. The quantitative estimate of drug-likeness (QED) is 0.822. The number of hydrogen-bond acceptors (Lipinski definition) is 4. The topological polar surface area (TPSA) is 39.9 Å². The Balaban J connectivity index is 1.87. The Kier molecular flexibility index (Phi) is 2.91. The smallest absolute Gasteiger partial charge is 0.113 e. The molecule has 1 atom stereocenters. The number of hydrogen-bond donors (Lipinski definition) is 0. The van der Waals surface area contributed by atoms with E-state index in [1.165, 1.54) is 30.0 Å². The molecule has 2 aliphatic rings. The van der Waals surface area contributed by atoms with E-state index >= 15 is 0 Å². The van der Waals surface area contributed by atoms with Crippen molar-refractivity contribution in [2.75, 3.05) is 20.1 Å². The third-order valence-corrected chi connectivity index (χ3v) is 5.41. The maximum Gasteiger partial charge on any atom is 0.113 e. The van der Waals surface area contributed by atoms with Crippen LogP contribution in [0.1, 0.15) is 47.2 Å². The third-order valence-electron chi connectivity index (χ3n) is 4.22. The second kappa shape index (κ2) is 4.32. The van der Waals surface area contributed by atoms with Crippen molar-refractivity contribution in [3.05, 3.63) is 15.6 Å².